The first-order chi connectivity index (χ1) is 17.8. The number of aryl methyl sites for hydroxylation is 1. The third-order valence-electron chi connectivity index (χ3n) is 6.02. The van der Waals surface area contributed by atoms with Gasteiger partial charge in [0.2, 0.25) is 0 Å². The van der Waals surface area contributed by atoms with Crippen molar-refractivity contribution in [3.05, 3.63) is 102 Å². The highest BCUT2D eigenvalue weighted by Gasteiger charge is 2.35. The lowest BCUT2D eigenvalue weighted by Crippen LogP contribution is -2.21. The molecule has 37 heavy (non-hydrogen) atoms. The quantitative estimate of drug-likeness (QED) is 0.328. The Morgan fingerprint density at radius 2 is 1.81 bits per heavy atom. The van der Waals surface area contributed by atoms with E-state index in [2.05, 4.69) is 15.1 Å². The Kier molecular flexibility index (Phi) is 5.07. The summed E-state index contributed by atoms with van der Waals surface area (Å²) in [6.45, 7) is 0. The molecule has 4 aromatic heterocycles. The van der Waals surface area contributed by atoms with Crippen molar-refractivity contribution in [1.82, 2.24) is 28.9 Å². The van der Waals surface area contributed by atoms with Gasteiger partial charge in [0.1, 0.15) is 11.5 Å². The van der Waals surface area contributed by atoms with Gasteiger partial charge in [0.15, 0.2) is 0 Å². The summed E-state index contributed by atoms with van der Waals surface area (Å²) >= 11 is 0. The lowest BCUT2D eigenvalue weighted by molar-refractivity contribution is -0.137. The molecule has 0 N–H and O–H groups in total. The monoisotopic (exact) mass is 502 g/mol. The Bertz CT molecular complexity index is 1820. The highest BCUT2D eigenvalue weighted by Crippen LogP contribution is 2.36. The van der Waals surface area contributed by atoms with Crippen LogP contribution in [0.2, 0.25) is 0 Å². The fourth-order valence-electron chi connectivity index (χ4n) is 4.32. The standard InChI is InChI=1S/C26H17F3N6O2/c1-33-23-15-31-21-7-6-17(37-18-4-2-9-30-14-18)13-19(21)24(23)35(25(33)36)16-5-8-22(34-11-3-10-32-34)20(12-16)26(27,28)29/h2-15H,1H3. The molecular weight excluding hydrogens is 485 g/mol. The zero-order chi connectivity index (χ0) is 25.7. The van der Waals surface area contributed by atoms with Crippen LogP contribution in [-0.4, -0.2) is 28.9 Å². The van der Waals surface area contributed by atoms with Gasteiger partial charge in [-0.05, 0) is 54.6 Å². The smallest absolute Gasteiger partial charge is 0.418 e. The number of aromatic nitrogens is 6. The second kappa shape index (κ2) is 8.33. The zero-order valence-electron chi connectivity index (χ0n) is 19.2. The van der Waals surface area contributed by atoms with E-state index in [1.54, 1.807) is 49.8 Å². The second-order valence-electron chi connectivity index (χ2n) is 8.29. The van der Waals surface area contributed by atoms with E-state index in [0.29, 0.717) is 33.4 Å². The minimum absolute atomic E-state index is 0.0601. The lowest BCUT2D eigenvalue weighted by Gasteiger charge is -2.15. The summed E-state index contributed by atoms with van der Waals surface area (Å²) in [5.74, 6) is 0.971. The molecule has 0 aliphatic rings. The predicted molar refractivity (Wildman–Crippen MR) is 130 cm³/mol. The van der Waals surface area contributed by atoms with Crippen molar-refractivity contribution < 1.29 is 17.9 Å². The molecule has 0 bridgehead atoms. The van der Waals surface area contributed by atoms with Gasteiger partial charge < -0.3 is 4.74 Å². The Morgan fingerprint density at radius 3 is 2.54 bits per heavy atom. The van der Waals surface area contributed by atoms with Gasteiger partial charge in [-0.25, -0.2) is 9.48 Å². The van der Waals surface area contributed by atoms with Gasteiger partial charge in [0, 0.05) is 31.0 Å². The highest BCUT2D eigenvalue weighted by atomic mass is 19.4. The van der Waals surface area contributed by atoms with E-state index in [1.165, 1.54) is 45.9 Å². The Balaban J connectivity index is 1.60. The van der Waals surface area contributed by atoms with Crippen LogP contribution in [0.25, 0.3) is 33.3 Å². The minimum atomic E-state index is -4.68. The van der Waals surface area contributed by atoms with Crippen molar-refractivity contribution in [2.75, 3.05) is 0 Å². The van der Waals surface area contributed by atoms with Crippen LogP contribution in [0.3, 0.4) is 0 Å². The van der Waals surface area contributed by atoms with Crippen LogP contribution in [-0.2, 0) is 13.2 Å². The zero-order valence-corrected chi connectivity index (χ0v) is 19.2. The fraction of sp³-hybridized carbons (Fsp3) is 0.0769. The number of hydrogen-bond acceptors (Lipinski definition) is 5. The first-order valence-corrected chi connectivity index (χ1v) is 11.1. The van der Waals surface area contributed by atoms with E-state index in [1.807, 2.05) is 0 Å². The van der Waals surface area contributed by atoms with Crippen molar-refractivity contribution in [2.45, 2.75) is 6.18 Å². The average molecular weight is 502 g/mol. The summed E-state index contributed by atoms with van der Waals surface area (Å²) < 4.78 is 52.0. The van der Waals surface area contributed by atoms with Crippen LogP contribution in [0.15, 0.2) is 90.4 Å². The van der Waals surface area contributed by atoms with Crippen LogP contribution in [0.5, 0.6) is 11.5 Å². The van der Waals surface area contributed by atoms with E-state index in [4.69, 9.17) is 4.74 Å². The van der Waals surface area contributed by atoms with Crippen molar-refractivity contribution >= 4 is 21.9 Å². The summed E-state index contributed by atoms with van der Waals surface area (Å²) in [5.41, 5.74) is -0.0954. The molecule has 6 rings (SSSR count). The van der Waals surface area contributed by atoms with Crippen molar-refractivity contribution in [2.24, 2.45) is 7.05 Å². The van der Waals surface area contributed by atoms with Crippen molar-refractivity contribution in [1.29, 1.82) is 0 Å². The largest absolute Gasteiger partial charge is 0.456 e. The number of nitrogens with zero attached hydrogens (tertiary/aromatic N) is 6. The average Bonchev–Trinajstić information content (AvgIpc) is 3.51. The molecule has 4 heterocycles. The summed E-state index contributed by atoms with van der Waals surface area (Å²) in [6.07, 6.45) is 2.85. The predicted octanol–water partition coefficient (Wildman–Crippen LogP) is 5.27. The number of benzene rings is 2. The number of rotatable bonds is 4. The third kappa shape index (κ3) is 3.80. The maximum absolute atomic E-state index is 14.1. The molecule has 0 saturated carbocycles. The number of alkyl halides is 3. The van der Waals surface area contributed by atoms with E-state index in [-0.39, 0.29) is 11.4 Å². The van der Waals surface area contributed by atoms with E-state index >= 15 is 0 Å². The molecule has 0 aliphatic carbocycles. The SMILES string of the molecule is Cn1c(=O)n(-c2ccc(-n3cccn3)c(C(F)(F)F)c2)c2c3cc(Oc4cccnc4)ccc3ncc21. The summed E-state index contributed by atoms with van der Waals surface area (Å²) in [6, 6.07) is 13.9. The fourth-order valence-corrected chi connectivity index (χ4v) is 4.32. The van der Waals surface area contributed by atoms with Crippen molar-refractivity contribution in [3.8, 4) is 22.9 Å². The van der Waals surface area contributed by atoms with Gasteiger partial charge in [-0.15, -0.1) is 0 Å². The number of pyridine rings is 2. The molecule has 0 saturated heterocycles. The Morgan fingerprint density at radius 1 is 0.946 bits per heavy atom. The molecule has 0 unspecified atom stereocenters. The molecule has 0 fully saturated rings. The molecule has 0 spiro atoms. The number of halogens is 3. The molecule has 8 nitrogen and oxygen atoms in total. The second-order valence-corrected chi connectivity index (χ2v) is 8.29. The van der Waals surface area contributed by atoms with Crippen molar-refractivity contribution in [3.63, 3.8) is 0 Å². The molecule has 184 valence electrons. The summed E-state index contributed by atoms with van der Waals surface area (Å²) in [4.78, 5) is 21.8. The molecule has 0 amide bonds. The number of ether oxygens (including phenoxy) is 1. The first-order valence-electron chi connectivity index (χ1n) is 11.1. The van der Waals surface area contributed by atoms with Crippen LogP contribution in [0.4, 0.5) is 13.2 Å². The van der Waals surface area contributed by atoms with Gasteiger partial charge >= 0.3 is 11.9 Å². The number of hydrogen-bond donors (Lipinski definition) is 0. The first kappa shape index (κ1) is 22.5. The Hall–Kier alpha value is -4.93. The third-order valence-corrected chi connectivity index (χ3v) is 6.02. The van der Waals surface area contributed by atoms with Gasteiger partial charge in [0.25, 0.3) is 0 Å². The summed E-state index contributed by atoms with van der Waals surface area (Å²) in [7, 11) is 1.55. The summed E-state index contributed by atoms with van der Waals surface area (Å²) in [5, 5.41) is 4.48. The maximum Gasteiger partial charge on any atom is 0.418 e. The Labute approximate surface area is 206 Å². The molecule has 11 heteroatoms. The maximum atomic E-state index is 14.1. The van der Waals surface area contributed by atoms with E-state index in [9.17, 15) is 18.0 Å². The lowest BCUT2D eigenvalue weighted by atomic mass is 10.1. The molecule has 2 aromatic carbocycles. The molecule has 0 aliphatic heterocycles. The van der Waals surface area contributed by atoms with E-state index in [0.717, 1.165) is 10.7 Å². The van der Waals surface area contributed by atoms with E-state index < -0.39 is 17.4 Å². The molecule has 0 atom stereocenters. The van der Waals surface area contributed by atoms with Crippen LogP contribution >= 0.6 is 0 Å². The molecule has 0 radical (unpaired) electrons. The van der Waals surface area contributed by atoms with Crippen LogP contribution in [0, 0.1) is 0 Å². The van der Waals surface area contributed by atoms with Gasteiger partial charge in [0.05, 0.1) is 45.9 Å². The van der Waals surface area contributed by atoms with Gasteiger partial charge in [-0.2, -0.15) is 18.3 Å². The van der Waals surface area contributed by atoms with Crippen LogP contribution in [0.1, 0.15) is 5.56 Å². The number of imidazole rings is 1. The molecule has 6 aromatic rings. The van der Waals surface area contributed by atoms with Crippen LogP contribution < -0.4 is 10.4 Å². The topological polar surface area (TPSA) is 79.8 Å². The number of fused-ring (bicyclic) bond motifs is 3. The molecular formula is C26H17F3N6O2. The minimum Gasteiger partial charge on any atom is -0.456 e. The highest BCUT2D eigenvalue weighted by molar-refractivity contribution is 6.03. The van der Waals surface area contributed by atoms with Gasteiger partial charge in [-0.1, -0.05) is 0 Å². The normalized spacial score (nSPS) is 11.9. The van der Waals surface area contributed by atoms with Gasteiger partial charge in [-0.3, -0.25) is 19.1 Å².